The molecule has 0 saturated carbocycles. The van der Waals surface area contributed by atoms with Crippen molar-refractivity contribution in [1.82, 2.24) is 0 Å². The molecule has 5 rings (SSSR count). The third-order valence-corrected chi connectivity index (χ3v) is 4.66. The van der Waals surface area contributed by atoms with Crippen LogP contribution in [0.2, 0.25) is 0 Å². The molecule has 2 aliphatic heterocycles. The minimum absolute atomic E-state index is 0.123. The van der Waals surface area contributed by atoms with Crippen LogP contribution in [0.1, 0.15) is 17.5 Å². The Hall–Kier alpha value is -2.49. The van der Waals surface area contributed by atoms with Gasteiger partial charge in [0.2, 0.25) is 0 Å². The number of benzene rings is 1. The van der Waals surface area contributed by atoms with Gasteiger partial charge in [0.25, 0.3) is 0 Å². The second-order valence-corrected chi connectivity index (χ2v) is 5.56. The van der Waals surface area contributed by atoms with Crippen molar-refractivity contribution >= 4 is 6.21 Å². The molecule has 0 aromatic heterocycles. The van der Waals surface area contributed by atoms with E-state index in [-0.39, 0.29) is 11.5 Å². The first kappa shape index (κ1) is 10.3. The van der Waals surface area contributed by atoms with Crippen LogP contribution in [0.3, 0.4) is 0 Å². The van der Waals surface area contributed by atoms with Crippen molar-refractivity contribution in [3.8, 4) is 11.5 Å². The van der Waals surface area contributed by atoms with Gasteiger partial charge < -0.3 is 14.9 Å². The van der Waals surface area contributed by atoms with Gasteiger partial charge in [-0.15, -0.1) is 0 Å². The van der Waals surface area contributed by atoms with Crippen LogP contribution >= 0.6 is 0 Å². The van der Waals surface area contributed by atoms with Gasteiger partial charge in [-0.3, -0.25) is 4.99 Å². The molecular weight excluding hydrogens is 254 g/mol. The largest absolute Gasteiger partial charge is 0.504 e. The van der Waals surface area contributed by atoms with E-state index >= 15 is 0 Å². The molecule has 0 amide bonds. The van der Waals surface area contributed by atoms with Crippen molar-refractivity contribution in [3.05, 3.63) is 58.2 Å². The molecule has 0 radical (unpaired) electrons. The molecule has 1 spiro atoms. The zero-order valence-electron chi connectivity index (χ0n) is 10.6. The summed E-state index contributed by atoms with van der Waals surface area (Å²) in [5, 5.41) is 20.3. The van der Waals surface area contributed by atoms with E-state index in [0.29, 0.717) is 17.9 Å². The van der Waals surface area contributed by atoms with Crippen molar-refractivity contribution < 1.29 is 14.9 Å². The minimum atomic E-state index is -0.489. The molecular formula is C16H11NO3. The molecule has 98 valence electrons. The number of hydrogen-bond donors (Lipinski definition) is 2. The number of nitrogens with zero attached hydrogens (tertiary/aromatic N) is 1. The summed E-state index contributed by atoms with van der Waals surface area (Å²) >= 11 is 0. The maximum atomic E-state index is 10.2. The number of ether oxygens (including phenoxy) is 1. The van der Waals surface area contributed by atoms with Crippen LogP contribution in [0.5, 0.6) is 11.5 Å². The maximum Gasteiger partial charge on any atom is 0.173 e. The van der Waals surface area contributed by atoms with Gasteiger partial charge in [0.05, 0.1) is 5.41 Å². The summed E-state index contributed by atoms with van der Waals surface area (Å²) in [6.07, 6.45) is 6.85. The summed E-state index contributed by atoms with van der Waals surface area (Å²) in [6, 6.07) is 3.58. The third-order valence-electron chi connectivity index (χ3n) is 4.66. The van der Waals surface area contributed by atoms with Crippen LogP contribution < -0.4 is 4.74 Å². The van der Waals surface area contributed by atoms with Crippen molar-refractivity contribution in [2.75, 3.05) is 0 Å². The Morgan fingerprint density at radius 3 is 3.00 bits per heavy atom. The Morgan fingerprint density at radius 1 is 1.20 bits per heavy atom. The monoisotopic (exact) mass is 265 g/mol. The summed E-state index contributed by atoms with van der Waals surface area (Å²) in [5.41, 5.74) is 3.73. The zero-order chi connectivity index (χ0) is 13.5. The zero-order valence-corrected chi connectivity index (χ0v) is 10.6. The van der Waals surface area contributed by atoms with Crippen molar-refractivity contribution in [1.29, 1.82) is 0 Å². The van der Waals surface area contributed by atoms with Crippen LogP contribution in [0.15, 0.2) is 52.1 Å². The summed E-state index contributed by atoms with van der Waals surface area (Å²) in [7, 11) is 0. The summed E-state index contributed by atoms with van der Waals surface area (Å²) in [4.78, 5) is 4.51. The maximum absolute atomic E-state index is 10.2. The summed E-state index contributed by atoms with van der Waals surface area (Å²) < 4.78 is 5.85. The van der Waals surface area contributed by atoms with Crippen LogP contribution in [0.25, 0.3) is 0 Å². The molecule has 2 aliphatic carbocycles. The Morgan fingerprint density at radius 2 is 2.10 bits per heavy atom. The number of allylic oxidation sites excluding steroid dienone is 4. The quantitative estimate of drug-likeness (QED) is 0.758. The van der Waals surface area contributed by atoms with E-state index < -0.39 is 5.41 Å². The molecule has 2 heterocycles. The highest BCUT2D eigenvalue weighted by atomic mass is 16.5. The van der Waals surface area contributed by atoms with E-state index in [1.165, 1.54) is 0 Å². The first-order valence-corrected chi connectivity index (χ1v) is 6.63. The lowest BCUT2D eigenvalue weighted by Crippen LogP contribution is -2.37. The van der Waals surface area contributed by atoms with Crippen LogP contribution in [-0.2, 0) is 11.8 Å². The van der Waals surface area contributed by atoms with Crippen molar-refractivity contribution in [2.24, 2.45) is 4.99 Å². The lowest BCUT2D eigenvalue weighted by molar-refractivity contribution is 0.314. The first-order chi connectivity index (χ1) is 9.72. The van der Waals surface area contributed by atoms with Gasteiger partial charge in [-0.25, -0.2) is 0 Å². The van der Waals surface area contributed by atoms with Gasteiger partial charge in [-0.1, -0.05) is 12.1 Å². The van der Waals surface area contributed by atoms with E-state index in [0.717, 1.165) is 28.8 Å². The van der Waals surface area contributed by atoms with Crippen LogP contribution in [0, 0.1) is 0 Å². The number of rotatable bonds is 0. The molecule has 0 saturated heterocycles. The Bertz CT molecular complexity index is 813. The minimum Gasteiger partial charge on any atom is -0.504 e. The number of aliphatic imine (C=N–C) groups is 1. The number of aliphatic hydroxyl groups is 1. The Labute approximate surface area is 115 Å². The molecule has 2 N–H and O–H groups in total. The molecule has 1 atom stereocenters. The third kappa shape index (κ3) is 0.892. The average molecular weight is 265 g/mol. The second-order valence-electron chi connectivity index (χ2n) is 5.56. The molecule has 0 fully saturated rings. The average Bonchev–Trinajstić information content (AvgIpc) is 2.78. The van der Waals surface area contributed by atoms with E-state index in [1.807, 2.05) is 18.4 Å². The first-order valence-electron chi connectivity index (χ1n) is 6.63. The summed E-state index contributed by atoms with van der Waals surface area (Å²) in [6.45, 7) is 0. The van der Waals surface area contributed by atoms with E-state index in [4.69, 9.17) is 4.74 Å². The van der Waals surface area contributed by atoms with Gasteiger partial charge in [0.15, 0.2) is 23.0 Å². The number of hydrogen-bond acceptors (Lipinski definition) is 4. The number of aromatic hydroxyl groups is 1. The number of phenols is 1. The van der Waals surface area contributed by atoms with Gasteiger partial charge in [0.1, 0.15) is 0 Å². The molecule has 1 aromatic carbocycles. The number of aliphatic hydroxyl groups excluding tert-OH is 1. The van der Waals surface area contributed by atoms with E-state index in [9.17, 15) is 10.2 Å². The normalized spacial score (nSPS) is 27.8. The standard InChI is InChI=1S/C16H11NO3/c18-11-3-1-8-7-10-9-2-4-12(19)15-16(9,5-6-17-10)13(8)14(11)20-15/h1-4,6,18-19H,5,7H2. The lowest BCUT2D eigenvalue weighted by Gasteiger charge is -2.39. The Kier molecular flexibility index (Phi) is 1.54. The van der Waals surface area contributed by atoms with Crippen LogP contribution in [0.4, 0.5) is 0 Å². The van der Waals surface area contributed by atoms with E-state index in [2.05, 4.69) is 4.99 Å². The predicted octanol–water partition coefficient (Wildman–Crippen LogP) is 2.65. The lowest BCUT2D eigenvalue weighted by atomic mass is 9.63. The van der Waals surface area contributed by atoms with Gasteiger partial charge >= 0.3 is 0 Å². The highest BCUT2D eigenvalue weighted by Gasteiger charge is 2.56. The number of phenolic OH excluding ortho intramolecular Hbond substituents is 1. The predicted molar refractivity (Wildman–Crippen MR) is 73.0 cm³/mol. The van der Waals surface area contributed by atoms with E-state index in [1.54, 1.807) is 12.1 Å². The van der Waals surface area contributed by atoms with Gasteiger partial charge in [-0.05, 0) is 23.3 Å². The highest BCUT2D eigenvalue weighted by molar-refractivity contribution is 5.80. The van der Waals surface area contributed by atoms with Gasteiger partial charge in [0, 0.05) is 30.3 Å². The Balaban J connectivity index is 1.98. The summed E-state index contributed by atoms with van der Waals surface area (Å²) in [5.74, 6) is 1.26. The fraction of sp³-hybridized carbons (Fsp3) is 0.188. The fourth-order valence-corrected chi connectivity index (χ4v) is 3.87. The molecule has 4 heteroatoms. The molecule has 4 nitrogen and oxygen atoms in total. The smallest absolute Gasteiger partial charge is 0.173 e. The van der Waals surface area contributed by atoms with Gasteiger partial charge in [-0.2, -0.15) is 0 Å². The SMILES string of the molecule is OC1=C2Oc3c(O)ccc4c3C23CC=NC(=C3C=C1)C4. The van der Waals surface area contributed by atoms with Crippen molar-refractivity contribution in [2.45, 2.75) is 18.3 Å². The molecule has 2 bridgehead atoms. The molecule has 1 aromatic rings. The molecule has 20 heavy (non-hydrogen) atoms. The highest BCUT2D eigenvalue weighted by Crippen LogP contribution is 2.62. The topological polar surface area (TPSA) is 62.0 Å². The van der Waals surface area contributed by atoms with Crippen LogP contribution in [-0.4, -0.2) is 16.4 Å². The molecule has 1 unspecified atom stereocenters. The second kappa shape index (κ2) is 2.98. The van der Waals surface area contributed by atoms with Crippen molar-refractivity contribution in [3.63, 3.8) is 0 Å². The fourth-order valence-electron chi connectivity index (χ4n) is 3.87. The molecule has 4 aliphatic rings.